The summed E-state index contributed by atoms with van der Waals surface area (Å²) in [6.45, 7) is 5.20. The number of hydrogen-bond donors (Lipinski definition) is 2. The van der Waals surface area contributed by atoms with Gasteiger partial charge >= 0.3 is 6.18 Å². The number of ether oxygens (including phenoxy) is 1. The molecule has 1 amide bonds. The Balaban J connectivity index is 1.28. The van der Waals surface area contributed by atoms with Crippen molar-refractivity contribution in [3.8, 4) is 11.1 Å². The quantitative estimate of drug-likeness (QED) is 0.512. The second-order valence-corrected chi connectivity index (χ2v) is 9.82. The largest absolute Gasteiger partial charge is 0.416 e. The maximum absolute atomic E-state index is 13.2. The molecule has 1 atom stereocenters. The van der Waals surface area contributed by atoms with Crippen molar-refractivity contribution in [2.45, 2.75) is 32.1 Å². The SMILES string of the molecule is C[C@@H](NC(=O)c1cc(N2CCC3(COC3)C2)ncn1)c1ccc(-c2cc(C(F)(F)F)ccc2CN)cc1. The average molecular weight is 512 g/mol. The zero-order valence-corrected chi connectivity index (χ0v) is 20.4. The maximum atomic E-state index is 13.2. The van der Waals surface area contributed by atoms with E-state index in [9.17, 15) is 18.0 Å². The molecule has 3 heterocycles. The number of nitrogens with one attached hydrogen (secondary N) is 1. The van der Waals surface area contributed by atoms with Gasteiger partial charge in [-0.15, -0.1) is 0 Å². The standard InChI is InChI=1S/C27H28F3N5O2/c1-17(18-2-4-19(5-3-18)22-10-21(27(28,29)30)7-6-20(22)12-31)34-25(36)23-11-24(33-16-32-23)35-9-8-26(13-35)14-37-15-26/h2-7,10-11,16-17H,8-9,12-15,31H2,1H3,(H,34,36)/t17-/m1/s1. The van der Waals surface area contributed by atoms with Gasteiger partial charge in [-0.05, 0) is 47.7 Å². The fraction of sp³-hybridized carbons (Fsp3) is 0.370. The van der Waals surface area contributed by atoms with Crippen LogP contribution >= 0.6 is 0 Å². The van der Waals surface area contributed by atoms with Crippen molar-refractivity contribution >= 4 is 11.7 Å². The molecule has 37 heavy (non-hydrogen) atoms. The van der Waals surface area contributed by atoms with Crippen LogP contribution in [0.2, 0.25) is 0 Å². The van der Waals surface area contributed by atoms with E-state index in [1.165, 1.54) is 12.4 Å². The van der Waals surface area contributed by atoms with Crippen LogP contribution in [0.4, 0.5) is 19.0 Å². The van der Waals surface area contributed by atoms with Crippen LogP contribution in [-0.4, -0.2) is 42.2 Å². The minimum atomic E-state index is -4.44. The van der Waals surface area contributed by atoms with Crippen molar-refractivity contribution in [3.63, 3.8) is 0 Å². The summed E-state index contributed by atoms with van der Waals surface area (Å²) in [4.78, 5) is 23.6. The smallest absolute Gasteiger partial charge is 0.380 e. The van der Waals surface area contributed by atoms with Gasteiger partial charge in [-0.2, -0.15) is 13.2 Å². The minimum Gasteiger partial charge on any atom is -0.380 e. The summed E-state index contributed by atoms with van der Waals surface area (Å²) in [5.41, 5.74) is 8.00. The molecule has 0 saturated carbocycles. The number of alkyl halides is 3. The van der Waals surface area contributed by atoms with Crippen LogP contribution in [0.5, 0.6) is 0 Å². The summed E-state index contributed by atoms with van der Waals surface area (Å²) >= 11 is 0. The molecule has 1 spiro atoms. The van der Waals surface area contributed by atoms with Crippen LogP contribution in [0.15, 0.2) is 54.9 Å². The first-order valence-electron chi connectivity index (χ1n) is 12.1. The number of carbonyl (C=O) groups is 1. The number of benzene rings is 2. The average Bonchev–Trinajstić information content (AvgIpc) is 3.35. The van der Waals surface area contributed by atoms with Gasteiger partial charge < -0.3 is 20.7 Å². The molecule has 2 aliphatic heterocycles. The van der Waals surface area contributed by atoms with E-state index >= 15 is 0 Å². The number of anilines is 1. The number of nitrogens with two attached hydrogens (primary N) is 1. The maximum Gasteiger partial charge on any atom is 0.416 e. The van der Waals surface area contributed by atoms with E-state index < -0.39 is 11.7 Å². The van der Waals surface area contributed by atoms with E-state index in [1.54, 1.807) is 30.3 Å². The van der Waals surface area contributed by atoms with Crippen LogP contribution in [-0.2, 0) is 17.5 Å². The zero-order chi connectivity index (χ0) is 26.2. The van der Waals surface area contributed by atoms with Crippen LogP contribution in [0.1, 0.15) is 46.6 Å². The second kappa shape index (κ2) is 9.75. The number of nitrogens with zero attached hydrogens (tertiary/aromatic N) is 3. The zero-order valence-electron chi connectivity index (χ0n) is 20.4. The van der Waals surface area contributed by atoms with Crippen LogP contribution in [0.25, 0.3) is 11.1 Å². The first kappa shape index (κ1) is 25.2. The number of halogens is 3. The Kier molecular flexibility index (Phi) is 6.63. The molecule has 2 fully saturated rings. The highest BCUT2D eigenvalue weighted by molar-refractivity contribution is 5.93. The molecule has 3 aromatic rings. The first-order chi connectivity index (χ1) is 17.7. The van der Waals surface area contributed by atoms with Crippen molar-refractivity contribution in [1.82, 2.24) is 15.3 Å². The molecule has 0 bridgehead atoms. The fourth-order valence-corrected chi connectivity index (χ4v) is 4.91. The molecule has 7 nitrogen and oxygen atoms in total. The van der Waals surface area contributed by atoms with Gasteiger partial charge in [0.2, 0.25) is 0 Å². The van der Waals surface area contributed by atoms with E-state index in [0.29, 0.717) is 16.7 Å². The Hall–Kier alpha value is -3.50. The number of hydrogen-bond acceptors (Lipinski definition) is 6. The van der Waals surface area contributed by atoms with E-state index in [4.69, 9.17) is 10.5 Å². The predicted octanol–water partition coefficient (Wildman–Crippen LogP) is 4.34. The molecule has 2 saturated heterocycles. The third-order valence-corrected chi connectivity index (χ3v) is 7.19. The van der Waals surface area contributed by atoms with Crippen LogP contribution < -0.4 is 16.0 Å². The van der Waals surface area contributed by atoms with Gasteiger partial charge in [0.05, 0.1) is 24.8 Å². The number of aromatic nitrogens is 2. The summed E-state index contributed by atoms with van der Waals surface area (Å²) in [5, 5.41) is 2.94. The Labute approximate surface area is 212 Å². The predicted molar refractivity (Wildman–Crippen MR) is 133 cm³/mol. The number of amides is 1. The van der Waals surface area contributed by atoms with Crippen molar-refractivity contribution < 1.29 is 22.7 Å². The van der Waals surface area contributed by atoms with Crippen molar-refractivity contribution in [2.75, 3.05) is 31.2 Å². The Bertz CT molecular complexity index is 1290. The highest BCUT2D eigenvalue weighted by Gasteiger charge is 2.44. The molecule has 5 rings (SSSR count). The molecule has 3 N–H and O–H groups in total. The molecular formula is C27H28F3N5O2. The molecule has 10 heteroatoms. The summed E-state index contributed by atoms with van der Waals surface area (Å²) in [6, 6.07) is 12.0. The third-order valence-electron chi connectivity index (χ3n) is 7.19. The first-order valence-corrected chi connectivity index (χ1v) is 12.1. The van der Waals surface area contributed by atoms with Crippen molar-refractivity contribution in [2.24, 2.45) is 11.1 Å². The van der Waals surface area contributed by atoms with Gasteiger partial charge in [-0.3, -0.25) is 4.79 Å². The van der Waals surface area contributed by atoms with E-state index in [1.807, 2.05) is 6.92 Å². The van der Waals surface area contributed by atoms with Gasteiger partial charge in [0.1, 0.15) is 17.8 Å². The van der Waals surface area contributed by atoms with Crippen molar-refractivity contribution in [1.29, 1.82) is 0 Å². The van der Waals surface area contributed by atoms with Gasteiger partial charge in [0.15, 0.2) is 0 Å². The fourth-order valence-electron chi connectivity index (χ4n) is 4.91. The highest BCUT2D eigenvalue weighted by Crippen LogP contribution is 2.39. The Morgan fingerprint density at radius 1 is 1.16 bits per heavy atom. The molecule has 0 aliphatic carbocycles. The van der Waals surface area contributed by atoms with Gasteiger partial charge in [-0.25, -0.2) is 9.97 Å². The molecule has 2 aliphatic rings. The minimum absolute atomic E-state index is 0.120. The number of rotatable bonds is 6. The van der Waals surface area contributed by atoms with E-state index in [0.717, 1.165) is 56.2 Å². The lowest BCUT2D eigenvalue weighted by Gasteiger charge is -2.37. The van der Waals surface area contributed by atoms with Gasteiger partial charge in [0.25, 0.3) is 5.91 Å². The van der Waals surface area contributed by atoms with E-state index in [2.05, 4.69) is 20.2 Å². The Morgan fingerprint density at radius 2 is 1.92 bits per heavy atom. The molecule has 0 radical (unpaired) electrons. The van der Waals surface area contributed by atoms with Gasteiger partial charge in [-0.1, -0.05) is 30.3 Å². The summed E-state index contributed by atoms with van der Waals surface area (Å²) < 4.78 is 45.1. The van der Waals surface area contributed by atoms with E-state index in [-0.39, 0.29) is 29.6 Å². The monoisotopic (exact) mass is 511 g/mol. The summed E-state index contributed by atoms with van der Waals surface area (Å²) in [6.07, 6.45) is -2.00. The highest BCUT2D eigenvalue weighted by atomic mass is 19.4. The normalized spacial score (nSPS) is 17.5. The van der Waals surface area contributed by atoms with Gasteiger partial charge in [0, 0.05) is 31.1 Å². The van der Waals surface area contributed by atoms with Crippen LogP contribution in [0.3, 0.4) is 0 Å². The van der Waals surface area contributed by atoms with Crippen molar-refractivity contribution in [3.05, 3.63) is 77.2 Å². The lowest BCUT2D eigenvalue weighted by atomic mass is 9.85. The molecule has 2 aromatic carbocycles. The third kappa shape index (κ3) is 5.17. The lowest BCUT2D eigenvalue weighted by Crippen LogP contribution is -2.44. The molecule has 1 aromatic heterocycles. The number of carbonyl (C=O) groups excluding carboxylic acids is 1. The lowest BCUT2D eigenvalue weighted by molar-refractivity contribution is -0.137. The molecular weight excluding hydrogens is 483 g/mol. The Morgan fingerprint density at radius 3 is 2.54 bits per heavy atom. The second-order valence-electron chi connectivity index (χ2n) is 9.82. The summed E-state index contributed by atoms with van der Waals surface area (Å²) in [5.74, 6) is 0.391. The molecule has 0 unspecified atom stereocenters. The molecule has 194 valence electrons. The van der Waals surface area contributed by atoms with Crippen LogP contribution in [0, 0.1) is 5.41 Å². The summed E-state index contributed by atoms with van der Waals surface area (Å²) in [7, 11) is 0. The topological polar surface area (TPSA) is 93.4 Å².